The van der Waals surface area contributed by atoms with Crippen molar-refractivity contribution >= 4 is 28.1 Å². The summed E-state index contributed by atoms with van der Waals surface area (Å²) in [6, 6.07) is 7.56. The first-order valence-electron chi connectivity index (χ1n) is 8.41. The quantitative estimate of drug-likeness (QED) is 0.672. The van der Waals surface area contributed by atoms with E-state index in [1.807, 2.05) is 29.2 Å². The maximum absolute atomic E-state index is 12.9. The molecule has 25 heavy (non-hydrogen) atoms. The van der Waals surface area contributed by atoms with Gasteiger partial charge in [-0.05, 0) is 25.0 Å². The fourth-order valence-electron chi connectivity index (χ4n) is 4.10. The summed E-state index contributed by atoms with van der Waals surface area (Å²) in [6.45, 7) is 0.512. The third-order valence-corrected chi connectivity index (χ3v) is 5.84. The smallest absolute Gasteiger partial charge is 0.273 e. The summed E-state index contributed by atoms with van der Waals surface area (Å²) < 4.78 is 1.77. The zero-order valence-corrected chi connectivity index (χ0v) is 14.3. The zero-order chi connectivity index (χ0) is 17.0. The standard InChI is InChI=1S/C18H16N4O2S/c23-17-13-3-1-2-4-14(13)20-16-7-11-5-6-12(8-21(16)17)22(11)18(24)15-9-25-10-19-15/h1-4,9-12H,5-8H2. The van der Waals surface area contributed by atoms with E-state index in [9.17, 15) is 9.59 Å². The minimum atomic E-state index is -0.0286. The van der Waals surface area contributed by atoms with Crippen LogP contribution in [0.15, 0.2) is 40.0 Å². The molecule has 2 aromatic heterocycles. The van der Waals surface area contributed by atoms with Gasteiger partial charge in [0, 0.05) is 24.4 Å². The van der Waals surface area contributed by atoms with E-state index in [0.29, 0.717) is 24.0 Å². The molecule has 1 amide bonds. The van der Waals surface area contributed by atoms with Crippen molar-refractivity contribution in [2.24, 2.45) is 0 Å². The molecule has 3 aromatic rings. The van der Waals surface area contributed by atoms with E-state index in [4.69, 9.17) is 4.98 Å². The predicted molar refractivity (Wildman–Crippen MR) is 94.8 cm³/mol. The van der Waals surface area contributed by atoms with Crippen molar-refractivity contribution in [1.29, 1.82) is 0 Å². The normalized spacial score (nSPS) is 22.0. The van der Waals surface area contributed by atoms with Crippen LogP contribution >= 0.6 is 11.3 Å². The van der Waals surface area contributed by atoms with Crippen LogP contribution in [0, 0.1) is 0 Å². The molecule has 7 heteroatoms. The number of para-hydroxylation sites is 1. The van der Waals surface area contributed by atoms with Crippen LogP contribution in [0.2, 0.25) is 0 Å². The lowest BCUT2D eigenvalue weighted by molar-refractivity contribution is 0.0660. The van der Waals surface area contributed by atoms with Crippen molar-refractivity contribution in [3.05, 3.63) is 57.0 Å². The number of nitrogens with zero attached hydrogens (tertiary/aromatic N) is 4. The molecule has 0 saturated carbocycles. The van der Waals surface area contributed by atoms with Crippen LogP contribution in [0.3, 0.4) is 0 Å². The molecule has 2 aliphatic rings. The lowest BCUT2D eigenvalue weighted by atomic mass is 10.1. The van der Waals surface area contributed by atoms with Crippen molar-refractivity contribution < 1.29 is 4.79 Å². The molecule has 126 valence electrons. The van der Waals surface area contributed by atoms with Gasteiger partial charge in [0.05, 0.1) is 22.5 Å². The number of thiazole rings is 1. The summed E-state index contributed by atoms with van der Waals surface area (Å²) in [5.41, 5.74) is 2.90. The summed E-state index contributed by atoms with van der Waals surface area (Å²) in [4.78, 5) is 36.7. The molecular weight excluding hydrogens is 336 g/mol. The van der Waals surface area contributed by atoms with Gasteiger partial charge in [-0.3, -0.25) is 14.2 Å². The van der Waals surface area contributed by atoms with Crippen molar-refractivity contribution in [1.82, 2.24) is 19.4 Å². The largest absolute Gasteiger partial charge is 0.329 e. The monoisotopic (exact) mass is 352 g/mol. The molecule has 0 aliphatic carbocycles. The van der Waals surface area contributed by atoms with Gasteiger partial charge >= 0.3 is 0 Å². The van der Waals surface area contributed by atoms with Crippen LogP contribution in [0.4, 0.5) is 0 Å². The second-order valence-electron chi connectivity index (χ2n) is 6.64. The fraction of sp³-hybridized carbons (Fsp3) is 0.333. The summed E-state index contributed by atoms with van der Waals surface area (Å²) in [5, 5.41) is 2.43. The van der Waals surface area contributed by atoms with Crippen LogP contribution in [-0.2, 0) is 13.0 Å². The average Bonchev–Trinajstić information content (AvgIpc) is 3.24. The van der Waals surface area contributed by atoms with Gasteiger partial charge in [0.2, 0.25) is 0 Å². The number of benzene rings is 1. The van der Waals surface area contributed by atoms with Gasteiger partial charge in [-0.25, -0.2) is 9.97 Å². The third-order valence-electron chi connectivity index (χ3n) is 5.26. The first kappa shape index (κ1) is 14.8. The third kappa shape index (κ3) is 2.22. The van der Waals surface area contributed by atoms with Crippen molar-refractivity contribution in [2.75, 3.05) is 0 Å². The average molecular weight is 352 g/mol. The Morgan fingerprint density at radius 2 is 2.04 bits per heavy atom. The van der Waals surface area contributed by atoms with Gasteiger partial charge in [0.25, 0.3) is 11.5 Å². The molecule has 2 aliphatic heterocycles. The van der Waals surface area contributed by atoms with E-state index in [0.717, 1.165) is 24.2 Å². The fourth-order valence-corrected chi connectivity index (χ4v) is 4.63. The molecule has 4 heterocycles. The van der Waals surface area contributed by atoms with E-state index in [2.05, 4.69) is 4.98 Å². The Morgan fingerprint density at radius 1 is 1.20 bits per heavy atom. The Balaban J connectivity index is 1.61. The number of amides is 1. The van der Waals surface area contributed by atoms with Crippen molar-refractivity contribution in [2.45, 2.75) is 37.9 Å². The summed E-state index contributed by atoms with van der Waals surface area (Å²) in [7, 11) is 0. The minimum absolute atomic E-state index is 0.00536. The zero-order valence-electron chi connectivity index (χ0n) is 13.5. The molecule has 0 N–H and O–H groups in total. The SMILES string of the molecule is O=C(c1cscn1)N1C2CCC1Cn1c(nc3ccccc3c1=O)C2. The predicted octanol–water partition coefficient (Wildman–Crippen LogP) is 2.08. The van der Waals surface area contributed by atoms with Crippen LogP contribution in [0.1, 0.15) is 29.2 Å². The topological polar surface area (TPSA) is 68.1 Å². The van der Waals surface area contributed by atoms with Gasteiger partial charge in [-0.15, -0.1) is 11.3 Å². The first-order valence-corrected chi connectivity index (χ1v) is 9.36. The minimum Gasteiger partial charge on any atom is -0.329 e. The van der Waals surface area contributed by atoms with Gasteiger partial charge in [0.15, 0.2) is 0 Å². The van der Waals surface area contributed by atoms with E-state index < -0.39 is 0 Å². The Bertz CT molecular complexity index is 1030. The molecule has 5 rings (SSSR count). The molecule has 0 spiro atoms. The molecule has 6 nitrogen and oxygen atoms in total. The Labute approximate surface area is 147 Å². The lowest BCUT2D eigenvalue weighted by Crippen LogP contribution is -2.42. The van der Waals surface area contributed by atoms with Gasteiger partial charge in [0.1, 0.15) is 11.5 Å². The number of hydrogen-bond donors (Lipinski definition) is 0. The highest BCUT2D eigenvalue weighted by Gasteiger charge is 2.41. The van der Waals surface area contributed by atoms with Crippen LogP contribution in [-0.4, -0.2) is 37.4 Å². The van der Waals surface area contributed by atoms with Gasteiger partial charge in [-0.1, -0.05) is 12.1 Å². The molecule has 2 bridgehead atoms. The summed E-state index contributed by atoms with van der Waals surface area (Å²) in [5.74, 6) is 0.756. The van der Waals surface area contributed by atoms with E-state index in [1.54, 1.807) is 15.5 Å². The number of hydrogen-bond acceptors (Lipinski definition) is 5. The number of fused-ring (bicyclic) bond motifs is 4. The lowest BCUT2D eigenvalue weighted by Gasteiger charge is -2.27. The highest BCUT2D eigenvalue weighted by Crippen LogP contribution is 2.32. The maximum Gasteiger partial charge on any atom is 0.273 e. The Kier molecular flexibility index (Phi) is 3.24. The Morgan fingerprint density at radius 3 is 2.88 bits per heavy atom. The van der Waals surface area contributed by atoms with E-state index >= 15 is 0 Å². The second kappa shape index (κ2) is 5.49. The summed E-state index contributed by atoms with van der Waals surface area (Å²) >= 11 is 1.43. The maximum atomic E-state index is 12.9. The Hall–Kier alpha value is -2.54. The molecule has 1 saturated heterocycles. The highest BCUT2D eigenvalue weighted by atomic mass is 32.1. The number of aromatic nitrogens is 3. The second-order valence-corrected chi connectivity index (χ2v) is 7.35. The van der Waals surface area contributed by atoms with Gasteiger partial charge < -0.3 is 4.90 Å². The number of rotatable bonds is 1. The van der Waals surface area contributed by atoms with Crippen molar-refractivity contribution in [3.63, 3.8) is 0 Å². The van der Waals surface area contributed by atoms with Crippen LogP contribution < -0.4 is 5.56 Å². The van der Waals surface area contributed by atoms with Gasteiger partial charge in [-0.2, -0.15) is 0 Å². The van der Waals surface area contributed by atoms with E-state index in [1.165, 1.54) is 11.3 Å². The number of carbonyl (C=O) groups excluding carboxylic acids is 1. The van der Waals surface area contributed by atoms with Crippen molar-refractivity contribution in [3.8, 4) is 0 Å². The number of carbonyl (C=O) groups is 1. The molecular formula is C18H16N4O2S. The highest BCUT2D eigenvalue weighted by molar-refractivity contribution is 7.07. The molecule has 2 atom stereocenters. The molecule has 2 unspecified atom stereocenters. The van der Waals surface area contributed by atoms with E-state index in [-0.39, 0.29) is 23.6 Å². The summed E-state index contributed by atoms with van der Waals surface area (Å²) in [6.07, 6.45) is 2.48. The molecule has 0 radical (unpaired) electrons. The first-order chi connectivity index (χ1) is 12.2. The van der Waals surface area contributed by atoms with Crippen LogP contribution in [0.5, 0.6) is 0 Å². The molecule has 1 fully saturated rings. The van der Waals surface area contributed by atoms with Crippen LogP contribution in [0.25, 0.3) is 10.9 Å². The molecule has 1 aromatic carbocycles.